The smallest absolute Gasteiger partial charge is 0.407 e. The summed E-state index contributed by atoms with van der Waals surface area (Å²) in [4.78, 5) is 84.3. The van der Waals surface area contributed by atoms with Gasteiger partial charge in [0.15, 0.2) is 0 Å². The molecule has 6 amide bonds. The predicted molar refractivity (Wildman–Crippen MR) is 241 cm³/mol. The zero-order valence-electron chi connectivity index (χ0n) is 38.0. The number of hydrogen-bond acceptors (Lipinski definition) is 9. The van der Waals surface area contributed by atoms with Gasteiger partial charge >= 0.3 is 12.2 Å². The zero-order chi connectivity index (χ0) is 46.5. The van der Waals surface area contributed by atoms with Crippen molar-refractivity contribution >= 4 is 52.9 Å². The van der Waals surface area contributed by atoms with Gasteiger partial charge in [0.25, 0.3) is 0 Å². The number of amides is 6. The molecule has 15 nitrogen and oxygen atoms in total. The zero-order valence-corrected chi connectivity index (χ0v) is 38.0. The molecule has 4 N–H and O–H groups in total. The van der Waals surface area contributed by atoms with Crippen LogP contribution < -0.4 is 26.2 Å². The molecule has 344 valence electrons. The molecule has 0 aromatic heterocycles. The average molecular weight is 884 g/mol. The number of anilines is 3. The Morgan fingerprint density at radius 2 is 0.953 bits per heavy atom. The molecule has 0 bridgehead atoms. The summed E-state index contributed by atoms with van der Waals surface area (Å²) in [6.45, 7) is 11.8. The first-order valence-electron chi connectivity index (χ1n) is 22.0. The van der Waals surface area contributed by atoms with E-state index in [4.69, 9.17) is 9.47 Å². The van der Waals surface area contributed by atoms with Crippen LogP contribution in [-0.2, 0) is 28.7 Å². The first-order valence-corrected chi connectivity index (χ1v) is 22.0. The first-order chi connectivity index (χ1) is 30.3. The predicted octanol–water partition coefficient (Wildman–Crippen LogP) is 7.31. The number of carbonyl (C=O) groups is 6. The van der Waals surface area contributed by atoms with Crippen LogP contribution >= 0.6 is 0 Å². The summed E-state index contributed by atoms with van der Waals surface area (Å²) in [6, 6.07) is 18.3. The van der Waals surface area contributed by atoms with Gasteiger partial charge in [-0.2, -0.15) is 0 Å². The molecule has 3 aromatic carbocycles. The highest BCUT2D eigenvalue weighted by Crippen LogP contribution is 2.47. The van der Waals surface area contributed by atoms with Crippen molar-refractivity contribution in [3.63, 3.8) is 0 Å². The van der Waals surface area contributed by atoms with Crippen LogP contribution in [0.4, 0.5) is 31.0 Å². The second-order valence-electron chi connectivity index (χ2n) is 19.0. The second-order valence-corrected chi connectivity index (χ2v) is 19.0. The van der Waals surface area contributed by atoms with E-state index in [9.17, 15) is 33.2 Å². The number of benzene rings is 3. The minimum Gasteiger partial charge on any atom is -0.453 e. The van der Waals surface area contributed by atoms with Crippen molar-refractivity contribution in [1.82, 2.24) is 20.4 Å². The fourth-order valence-corrected chi connectivity index (χ4v) is 9.06. The van der Waals surface area contributed by atoms with Crippen molar-refractivity contribution in [3.8, 4) is 0 Å². The maximum atomic E-state index is 14.2. The lowest BCUT2D eigenvalue weighted by Gasteiger charge is -2.35. The van der Waals surface area contributed by atoms with Gasteiger partial charge in [-0.05, 0) is 109 Å². The third-order valence-corrected chi connectivity index (χ3v) is 12.4. The molecule has 64 heavy (non-hydrogen) atoms. The van der Waals surface area contributed by atoms with Crippen molar-refractivity contribution in [3.05, 3.63) is 89.7 Å². The fraction of sp³-hybridized carbons (Fsp3) is 0.500. The number of hydrogen-bond donors (Lipinski definition) is 4. The largest absolute Gasteiger partial charge is 0.453 e. The van der Waals surface area contributed by atoms with E-state index >= 15 is 0 Å². The number of rotatable bonds is 11. The number of nitrogens with zero attached hydrogens (tertiary/aromatic N) is 3. The summed E-state index contributed by atoms with van der Waals surface area (Å²) in [5.74, 6) is -1.65. The Hall–Kier alpha value is -6.19. The van der Waals surface area contributed by atoms with Gasteiger partial charge in [-0.1, -0.05) is 65.8 Å². The number of methoxy groups -OCH3 is 2. The minimum atomic E-state index is -0.885. The van der Waals surface area contributed by atoms with Gasteiger partial charge in [0.1, 0.15) is 30.0 Å². The van der Waals surface area contributed by atoms with Crippen LogP contribution in [0.15, 0.2) is 72.8 Å². The summed E-state index contributed by atoms with van der Waals surface area (Å²) in [5, 5.41) is 11.3. The number of carbonyl (C=O) groups excluding carboxylic acids is 6. The Balaban J connectivity index is 1.14. The average Bonchev–Trinajstić information content (AvgIpc) is 4.05. The maximum Gasteiger partial charge on any atom is 0.407 e. The highest BCUT2D eigenvalue weighted by atomic mass is 19.1. The Labute approximate surface area is 374 Å². The van der Waals surface area contributed by atoms with Crippen molar-refractivity contribution in [2.75, 3.05) is 42.8 Å². The molecule has 6 unspecified atom stereocenters. The van der Waals surface area contributed by atoms with Gasteiger partial charge in [0.2, 0.25) is 23.6 Å². The SMILES string of the molecule is COC(=O)NC(C(=O)N1CCCC1C(=O)Nc1ccc(C2CCC(c3ccc(NC(=O)C4CCCN4C(=O)C(NC(=O)OC)C(C)(C)C)cc3)N2c2ccc(F)cc2)cc1)C(C)(C)C. The minimum absolute atomic E-state index is 0.0873. The third kappa shape index (κ3) is 10.8. The molecule has 6 atom stereocenters. The monoisotopic (exact) mass is 883 g/mol. The van der Waals surface area contributed by atoms with Crippen LogP contribution in [-0.4, -0.2) is 97.1 Å². The highest BCUT2D eigenvalue weighted by Gasteiger charge is 2.44. The summed E-state index contributed by atoms with van der Waals surface area (Å²) >= 11 is 0. The van der Waals surface area contributed by atoms with Crippen molar-refractivity contribution in [2.24, 2.45) is 10.8 Å². The molecule has 0 radical (unpaired) electrons. The summed E-state index contributed by atoms with van der Waals surface area (Å²) in [7, 11) is 2.48. The molecule has 16 heteroatoms. The standard InChI is InChI=1S/C48H62FN7O8/c1-47(2,3)39(52-45(61)63-7)43(59)54-27-9-11-37(54)41(57)50-32-19-13-29(14-20-32)35-25-26-36(56(35)34-23-17-31(49)18-24-34)30-15-21-33(22-16-30)51-42(58)38-12-10-28-55(38)44(60)40(48(4,5)6)53-46(62)64-8/h13-24,35-40H,9-12,25-28H2,1-8H3,(H,50,57)(H,51,58)(H,52,61)(H,53,62). The molecule has 0 spiro atoms. The van der Waals surface area contributed by atoms with Gasteiger partial charge < -0.3 is 45.4 Å². The molecular weight excluding hydrogens is 822 g/mol. The summed E-state index contributed by atoms with van der Waals surface area (Å²) in [6.07, 6.45) is 2.41. The van der Waals surface area contributed by atoms with Crippen LogP contribution in [0.3, 0.4) is 0 Å². The highest BCUT2D eigenvalue weighted by molar-refractivity contribution is 6.00. The number of nitrogens with one attached hydrogen (secondary N) is 4. The summed E-state index contributed by atoms with van der Waals surface area (Å²) < 4.78 is 23.7. The topological polar surface area (TPSA) is 179 Å². The second kappa shape index (κ2) is 19.7. The Morgan fingerprint density at radius 1 is 0.578 bits per heavy atom. The van der Waals surface area contributed by atoms with Gasteiger partial charge in [0, 0.05) is 30.2 Å². The quantitative estimate of drug-likeness (QED) is 0.154. The van der Waals surface area contributed by atoms with E-state index in [1.54, 1.807) is 12.1 Å². The van der Waals surface area contributed by atoms with E-state index < -0.39 is 47.2 Å². The molecule has 3 saturated heterocycles. The first kappa shape index (κ1) is 47.3. The lowest BCUT2D eigenvalue weighted by Crippen LogP contribution is -2.57. The number of ether oxygens (including phenoxy) is 2. The molecule has 3 aliphatic rings. The van der Waals surface area contributed by atoms with E-state index in [-0.39, 0.29) is 41.5 Å². The molecule has 3 fully saturated rings. The lowest BCUT2D eigenvalue weighted by atomic mass is 9.85. The van der Waals surface area contributed by atoms with Crippen molar-refractivity contribution < 1.29 is 42.6 Å². The van der Waals surface area contributed by atoms with Crippen LogP contribution in [0, 0.1) is 16.6 Å². The van der Waals surface area contributed by atoms with Crippen molar-refractivity contribution in [2.45, 2.75) is 116 Å². The van der Waals surface area contributed by atoms with Crippen LogP contribution in [0.5, 0.6) is 0 Å². The Bertz CT molecular complexity index is 2040. The molecule has 3 heterocycles. The van der Waals surface area contributed by atoms with Crippen LogP contribution in [0.25, 0.3) is 0 Å². The normalized spacial score (nSPS) is 20.9. The number of alkyl carbamates (subject to hydrolysis) is 2. The maximum absolute atomic E-state index is 14.2. The van der Waals surface area contributed by atoms with E-state index in [0.717, 1.165) is 29.7 Å². The van der Waals surface area contributed by atoms with E-state index in [2.05, 4.69) is 26.2 Å². The Morgan fingerprint density at radius 3 is 1.30 bits per heavy atom. The van der Waals surface area contributed by atoms with Gasteiger partial charge in [0.05, 0.1) is 26.3 Å². The molecule has 6 rings (SSSR count). The Kier molecular flexibility index (Phi) is 14.5. The van der Waals surface area contributed by atoms with E-state index in [1.165, 1.54) is 36.2 Å². The summed E-state index contributed by atoms with van der Waals surface area (Å²) in [5.41, 5.74) is 2.74. The molecule has 0 aliphatic carbocycles. The van der Waals surface area contributed by atoms with E-state index in [0.29, 0.717) is 50.1 Å². The molecule has 0 saturated carbocycles. The van der Waals surface area contributed by atoms with E-state index in [1.807, 2.05) is 90.1 Å². The molecular formula is C48H62FN7O8. The van der Waals surface area contributed by atoms with Gasteiger partial charge in [-0.3, -0.25) is 19.2 Å². The van der Waals surface area contributed by atoms with Gasteiger partial charge in [-0.15, -0.1) is 0 Å². The lowest BCUT2D eigenvalue weighted by molar-refractivity contribution is -0.140. The van der Waals surface area contributed by atoms with Crippen LogP contribution in [0.2, 0.25) is 0 Å². The molecule has 3 aliphatic heterocycles. The third-order valence-electron chi connectivity index (χ3n) is 12.4. The van der Waals surface area contributed by atoms with Crippen molar-refractivity contribution in [1.29, 1.82) is 0 Å². The molecule has 3 aromatic rings. The number of likely N-dealkylation sites (tertiary alicyclic amines) is 2. The van der Waals surface area contributed by atoms with Crippen LogP contribution in [0.1, 0.15) is 103 Å². The van der Waals surface area contributed by atoms with Gasteiger partial charge in [-0.25, -0.2) is 14.0 Å². The number of halogens is 1. The fourth-order valence-electron chi connectivity index (χ4n) is 9.06.